The van der Waals surface area contributed by atoms with Crippen molar-refractivity contribution < 1.29 is 0 Å². The van der Waals surface area contributed by atoms with Gasteiger partial charge in [0.1, 0.15) is 0 Å². The number of thioether (sulfide) groups is 1. The average molecular weight is 206 g/mol. The molecule has 3 heteroatoms. The summed E-state index contributed by atoms with van der Waals surface area (Å²) < 4.78 is 2.10. The van der Waals surface area contributed by atoms with E-state index < -0.39 is 0 Å². The van der Waals surface area contributed by atoms with Crippen LogP contribution in [0.2, 0.25) is 0 Å². The van der Waals surface area contributed by atoms with Crippen LogP contribution >= 0.6 is 11.8 Å². The van der Waals surface area contributed by atoms with Crippen molar-refractivity contribution in [1.82, 2.24) is 4.57 Å². The molecule has 0 aliphatic rings. The fourth-order valence-electron chi connectivity index (χ4n) is 1.63. The summed E-state index contributed by atoms with van der Waals surface area (Å²) in [5.41, 5.74) is 7.91. The number of aryl methyl sites for hydroxylation is 1. The van der Waals surface area contributed by atoms with Crippen molar-refractivity contribution >= 4 is 28.4 Å². The van der Waals surface area contributed by atoms with Crippen LogP contribution < -0.4 is 5.73 Å². The van der Waals surface area contributed by atoms with Gasteiger partial charge in [-0.05, 0) is 24.0 Å². The quantitative estimate of drug-likeness (QED) is 0.605. The second-order valence-electron chi connectivity index (χ2n) is 3.31. The molecule has 0 unspecified atom stereocenters. The molecule has 0 atom stereocenters. The number of fused-ring (bicyclic) bond motifs is 1. The zero-order chi connectivity index (χ0) is 10.1. The SMILES string of the molecule is CCSc1cc(N)cc2c1ccn2C. The molecule has 1 aromatic carbocycles. The van der Waals surface area contributed by atoms with Crippen LogP contribution in [0.3, 0.4) is 0 Å². The van der Waals surface area contributed by atoms with Crippen molar-refractivity contribution in [1.29, 1.82) is 0 Å². The molecule has 74 valence electrons. The van der Waals surface area contributed by atoms with Gasteiger partial charge in [0.15, 0.2) is 0 Å². The van der Waals surface area contributed by atoms with Crippen LogP contribution in [0.5, 0.6) is 0 Å². The fourth-order valence-corrected chi connectivity index (χ4v) is 2.49. The number of anilines is 1. The standard InChI is InChI=1S/C11H14N2S/c1-3-14-11-7-8(12)6-10-9(11)4-5-13(10)2/h4-7H,3,12H2,1-2H3. The summed E-state index contributed by atoms with van der Waals surface area (Å²) in [6.07, 6.45) is 2.07. The maximum Gasteiger partial charge on any atom is 0.0509 e. The third kappa shape index (κ3) is 1.48. The first-order chi connectivity index (χ1) is 6.72. The van der Waals surface area contributed by atoms with Gasteiger partial charge in [-0.3, -0.25) is 0 Å². The second kappa shape index (κ2) is 3.58. The van der Waals surface area contributed by atoms with Crippen molar-refractivity contribution in [2.45, 2.75) is 11.8 Å². The number of rotatable bonds is 2. The fraction of sp³-hybridized carbons (Fsp3) is 0.273. The van der Waals surface area contributed by atoms with E-state index in [1.54, 1.807) is 0 Å². The van der Waals surface area contributed by atoms with Crippen LogP contribution in [0.15, 0.2) is 29.3 Å². The first-order valence-electron chi connectivity index (χ1n) is 4.69. The first kappa shape index (κ1) is 9.46. The Morgan fingerprint density at radius 1 is 1.43 bits per heavy atom. The molecule has 1 heterocycles. The van der Waals surface area contributed by atoms with E-state index in [1.165, 1.54) is 15.8 Å². The lowest BCUT2D eigenvalue weighted by Crippen LogP contribution is -1.89. The Morgan fingerprint density at radius 3 is 2.93 bits per heavy atom. The van der Waals surface area contributed by atoms with Crippen molar-refractivity contribution in [2.75, 3.05) is 11.5 Å². The molecule has 0 saturated carbocycles. The second-order valence-corrected chi connectivity index (χ2v) is 4.62. The minimum absolute atomic E-state index is 0.843. The van der Waals surface area contributed by atoms with E-state index in [2.05, 4.69) is 29.8 Å². The molecule has 0 aliphatic carbocycles. The molecule has 14 heavy (non-hydrogen) atoms. The molecule has 0 spiro atoms. The molecule has 2 rings (SSSR count). The molecule has 2 N–H and O–H groups in total. The Morgan fingerprint density at radius 2 is 2.21 bits per heavy atom. The van der Waals surface area contributed by atoms with E-state index in [0.717, 1.165) is 11.4 Å². The molecule has 2 aromatic rings. The molecule has 1 aromatic heterocycles. The van der Waals surface area contributed by atoms with Crippen molar-refractivity contribution in [3.8, 4) is 0 Å². The van der Waals surface area contributed by atoms with Crippen LogP contribution in [0.1, 0.15) is 6.92 Å². The number of hydrogen-bond donors (Lipinski definition) is 1. The summed E-state index contributed by atoms with van der Waals surface area (Å²) in [5, 5.41) is 1.30. The molecule has 0 saturated heterocycles. The molecular formula is C11H14N2S. The lowest BCUT2D eigenvalue weighted by atomic mass is 10.2. The van der Waals surface area contributed by atoms with Gasteiger partial charge >= 0.3 is 0 Å². The topological polar surface area (TPSA) is 30.9 Å². The zero-order valence-corrected chi connectivity index (χ0v) is 9.27. The number of nitrogen functional groups attached to an aromatic ring is 1. The highest BCUT2D eigenvalue weighted by molar-refractivity contribution is 7.99. The Kier molecular flexibility index (Phi) is 2.42. The van der Waals surface area contributed by atoms with Gasteiger partial charge in [-0.25, -0.2) is 0 Å². The van der Waals surface area contributed by atoms with Gasteiger partial charge in [0.05, 0.1) is 5.52 Å². The van der Waals surface area contributed by atoms with Gasteiger partial charge < -0.3 is 10.3 Å². The van der Waals surface area contributed by atoms with Gasteiger partial charge in [-0.1, -0.05) is 6.92 Å². The Labute approximate surface area is 88.1 Å². The number of nitrogens with two attached hydrogens (primary N) is 1. The lowest BCUT2D eigenvalue weighted by molar-refractivity contribution is 0.969. The summed E-state index contributed by atoms with van der Waals surface area (Å²) in [6, 6.07) is 6.22. The van der Waals surface area contributed by atoms with E-state index in [0.29, 0.717) is 0 Å². The van der Waals surface area contributed by atoms with E-state index in [4.69, 9.17) is 5.73 Å². The maximum atomic E-state index is 5.86. The van der Waals surface area contributed by atoms with Crippen LogP contribution in [0.25, 0.3) is 10.9 Å². The smallest absolute Gasteiger partial charge is 0.0509 e. The highest BCUT2D eigenvalue weighted by atomic mass is 32.2. The molecule has 0 fully saturated rings. The highest BCUT2D eigenvalue weighted by Gasteiger charge is 2.05. The summed E-state index contributed by atoms with van der Waals surface area (Å²) in [5.74, 6) is 1.08. The Bertz CT molecular complexity index is 460. The van der Waals surface area contributed by atoms with E-state index >= 15 is 0 Å². The molecular weight excluding hydrogens is 192 g/mol. The van der Waals surface area contributed by atoms with Crippen molar-refractivity contribution in [2.24, 2.45) is 7.05 Å². The minimum Gasteiger partial charge on any atom is -0.399 e. The summed E-state index contributed by atoms with van der Waals surface area (Å²) in [7, 11) is 2.04. The third-order valence-electron chi connectivity index (χ3n) is 2.29. The van der Waals surface area contributed by atoms with Gasteiger partial charge in [-0.15, -0.1) is 11.8 Å². The van der Waals surface area contributed by atoms with Gasteiger partial charge in [0, 0.05) is 29.2 Å². The molecule has 0 aliphatic heterocycles. The predicted octanol–water partition coefficient (Wildman–Crippen LogP) is 2.87. The summed E-state index contributed by atoms with van der Waals surface area (Å²) >= 11 is 1.84. The molecule has 0 bridgehead atoms. The van der Waals surface area contributed by atoms with E-state index in [9.17, 15) is 0 Å². The predicted molar refractivity (Wildman–Crippen MR) is 63.7 cm³/mol. The monoisotopic (exact) mass is 206 g/mol. The van der Waals surface area contributed by atoms with Crippen LogP contribution in [0, 0.1) is 0 Å². The number of benzene rings is 1. The Hall–Kier alpha value is -1.09. The highest BCUT2D eigenvalue weighted by Crippen LogP contribution is 2.30. The average Bonchev–Trinajstić information content (AvgIpc) is 2.49. The van der Waals surface area contributed by atoms with Crippen molar-refractivity contribution in [3.05, 3.63) is 24.4 Å². The third-order valence-corrected chi connectivity index (χ3v) is 3.22. The summed E-state index contributed by atoms with van der Waals surface area (Å²) in [6.45, 7) is 2.16. The first-order valence-corrected chi connectivity index (χ1v) is 5.68. The van der Waals surface area contributed by atoms with Crippen LogP contribution in [0.4, 0.5) is 5.69 Å². The molecule has 0 amide bonds. The van der Waals surface area contributed by atoms with Gasteiger partial charge in [0.25, 0.3) is 0 Å². The van der Waals surface area contributed by atoms with E-state index in [1.807, 2.05) is 24.9 Å². The number of hydrogen-bond acceptors (Lipinski definition) is 2. The largest absolute Gasteiger partial charge is 0.399 e. The van der Waals surface area contributed by atoms with Crippen LogP contribution in [-0.2, 0) is 7.05 Å². The molecule has 2 nitrogen and oxygen atoms in total. The van der Waals surface area contributed by atoms with E-state index in [-0.39, 0.29) is 0 Å². The molecule has 0 radical (unpaired) electrons. The summed E-state index contributed by atoms with van der Waals surface area (Å²) in [4.78, 5) is 1.28. The van der Waals surface area contributed by atoms with Crippen molar-refractivity contribution in [3.63, 3.8) is 0 Å². The minimum atomic E-state index is 0.843. The Balaban J connectivity index is 2.68. The lowest BCUT2D eigenvalue weighted by Gasteiger charge is -2.04. The van der Waals surface area contributed by atoms with Gasteiger partial charge in [0.2, 0.25) is 0 Å². The number of aromatic nitrogens is 1. The van der Waals surface area contributed by atoms with Crippen LogP contribution in [-0.4, -0.2) is 10.3 Å². The maximum absolute atomic E-state index is 5.86. The van der Waals surface area contributed by atoms with Gasteiger partial charge in [-0.2, -0.15) is 0 Å². The normalized spacial score (nSPS) is 11.0. The number of nitrogens with zero attached hydrogens (tertiary/aromatic N) is 1. The zero-order valence-electron chi connectivity index (χ0n) is 8.45.